The number of hydrogen-bond donors (Lipinski definition) is 1. The van der Waals surface area contributed by atoms with Gasteiger partial charge in [-0.1, -0.05) is 20.8 Å². The maximum Gasteiger partial charge on any atom is 0.206 e. The third-order valence-corrected chi connectivity index (χ3v) is 5.40. The maximum atomic E-state index is 6.35. The van der Waals surface area contributed by atoms with Gasteiger partial charge in [-0.15, -0.1) is 0 Å². The second-order valence-corrected chi connectivity index (χ2v) is 7.87. The second kappa shape index (κ2) is 6.48. The molecule has 1 aliphatic carbocycles. The predicted molar refractivity (Wildman–Crippen MR) is 101 cm³/mol. The van der Waals surface area contributed by atoms with Crippen LogP contribution >= 0.6 is 0 Å². The highest BCUT2D eigenvalue weighted by atomic mass is 16.5. The minimum atomic E-state index is 0.477. The van der Waals surface area contributed by atoms with Gasteiger partial charge in [0.15, 0.2) is 5.82 Å². The SMILES string of the molecule is CC(C)Cn1c(N2CCOCC2)nc2c(N)nc3c(c21)CCCC3C. The molecule has 1 saturated heterocycles. The number of nitrogen functional groups attached to an aromatic ring is 1. The van der Waals surface area contributed by atoms with Crippen molar-refractivity contribution in [3.8, 4) is 0 Å². The van der Waals surface area contributed by atoms with Gasteiger partial charge in [0.05, 0.1) is 24.4 Å². The summed E-state index contributed by atoms with van der Waals surface area (Å²) in [5, 5.41) is 0. The Morgan fingerprint density at radius 3 is 2.72 bits per heavy atom. The number of morpholine rings is 1. The second-order valence-electron chi connectivity index (χ2n) is 7.87. The lowest BCUT2D eigenvalue weighted by molar-refractivity contribution is 0.121. The van der Waals surface area contributed by atoms with Crippen molar-refractivity contribution in [1.82, 2.24) is 14.5 Å². The number of aromatic nitrogens is 3. The van der Waals surface area contributed by atoms with Crippen LogP contribution in [0, 0.1) is 5.92 Å². The Bertz CT molecular complexity index is 776. The molecule has 0 radical (unpaired) electrons. The Morgan fingerprint density at radius 2 is 2.00 bits per heavy atom. The van der Waals surface area contributed by atoms with Gasteiger partial charge in [-0.05, 0) is 31.1 Å². The summed E-state index contributed by atoms with van der Waals surface area (Å²) in [6.07, 6.45) is 3.49. The van der Waals surface area contributed by atoms with Crippen molar-refractivity contribution in [2.45, 2.75) is 52.5 Å². The lowest BCUT2D eigenvalue weighted by Gasteiger charge is -2.29. The number of hydrogen-bond acceptors (Lipinski definition) is 5. The van der Waals surface area contributed by atoms with E-state index >= 15 is 0 Å². The molecule has 6 nitrogen and oxygen atoms in total. The van der Waals surface area contributed by atoms with E-state index in [1.807, 2.05) is 0 Å². The highest BCUT2D eigenvalue weighted by Crippen LogP contribution is 2.38. The number of nitrogens with two attached hydrogens (primary N) is 1. The zero-order valence-corrected chi connectivity index (χ0v) is 15.6. The summed E-state index contributed by atoms with van der Waals surface area (Å²) in [4.78, 5) is 12.1. The number of fused-ring (bicyclic) bond motifs is 3. The predicted octanol–water partition coefficient (Wildman–Crippen LogP) is 2.95. The van der Waals surface area contributed by atoms with Crippen LogP contribution in [0.4, 0.5) is 11.8 Å². The third-order valence-electron chi connectivity index (χ3n) is 5.40. The van der Waals surface area contributed by atoms with Gasteiger partial charge in [-0.2, -0.15) is 0 Å². The van der Waals surface area contributed by atoms with Crippen LogP contribution in [-0.2, 0) is 17.7 Å². The number of ether oxygens (including phenoxy) is 1. The molecule has 2 N–H and O–H groups in total. The minimum absolute atomic E-state index is 0.477. The maximum absolute atomic E-state index is 6.35. The van der Waals surface area contributed by atoms with Crippen LogP contribution in [0.25, 0.3) is 11.0 Å². The van der Waals surface area contributed by atoms with E-state index in [4.69, 9.17) is 20.4 Å². The number of aryl methyl sites for hydroxylation is 1. The zero-order valence-electron chi connectivity index (χ0n) is 15.6. The van der Waals surface area contributed by atoms with E-state index < -0.39 is 0 Å². The fourth-order valence-electron chi connectivity index (χ4n) is 4.22. The van der Waals surface area contributed by atoms with Gasteiger partial charge < -0.3 is 19.9 Å². The molecule has 1 fully saturated rings. The van der Waals surface area contributed by atoms with Crippen LogP contribution in [0.3, 0.4) is 0 Å². The molecule has 1 aliphatic heterocycles. The van der Waals surface area contributed by atoms with E-state index in [0.29, 0.717) is 17.7 Å². The van der Waals surface area contributed by atoms with Gasteiger partial charge in [-0.25, -0.2) is 9.97 Å². The van der Waals surface area contributed by atoms with Crippen LogP contribution in [0.5, 0.6) is 0 Å². The van der Waals surface area contributed by atoms with Gasteiger partial charge >= 0.3 is 0 Å². The minimum Gasteiger partial charge on any atom is -0.382 e. The topological polar surface area (TPSA) is 69.2 Å². The van der Waals surface area contributed by atoms with Crippen LogP contribution in [-0.4, -0.2) is 40.8 Å². The molecule has 0 amide bonds. The number of nitrogens with zero attached hydrogens (tertiary/aromatic N) is 4. The molecule has 2 aromatic heterocycles. The quantitative estimate of drug-likeness (QED) is 0.928. The van der Waals surface area contributed by atoms with E-state index in [2.05, 4.69) is 30.2 Å². The fourth-order valence-corrected chi connectivity index (χ4v) is 4.22. The van der Waals surface area contributed by atoms with Crippen LogP contribution in [0.2, 0.25) is 0 Å². The van der Waals surface area contributed by atoms with Crippen molar-refractivity contribution in [3.05, 3.63) is 11.3 Å². The molecule has 2 aromatic rings. The van der Waals surface area contributed by atoms with E-state index in [-0.39, 0.29) is 0 Å². The monoisotopic (exact) mass is 343 g/mol. The molecule has 0 bridgehead atoms. The van der Waals surface area contributed by atoms with Crippen LogP contribution < -0.4 is 10.6 Å². The van der Waals surface area contributed by atoms with E-state index in [1.165, 1.54) is 29.6 Å². The largest absolute Gasteiger partial charge is 0.382 e. The van der Waals surface area contributed by atoms with E-state index in [0.717, 1.165) is 50.7 Å². The number of imidazole rings is 1. The van der Waals surface area contributed by atoms with Gasteiger partial charge in [0.1, 0.15) is 5.52 Å². The van der Waals surface area contributed by atoms with Crippen molar-refractivity contribution in [2.75, 3.05) is 36.9 Å². The Hall–Kier alpha value is -1.82. The molecule has 4 rings (SSSR count). The van der Waals surface area contributed by atoms with Crippen LogP contribution in [0.15, 0.2) is 0 Å². The number of anilines is 2. The summed E-state index contributed by atoms with van der Waals surface area (Å²) in [7, 11) is 0. The lowest BCUT2D eigenvalue weighted by atomic mass is 9.87. The first-order valence-corrected chi connectivity index (χ1v) is 9.57. The molecule has 0 spiro atoms. The number of pyridine rings is 1. The number of rotatable bonds is 3. The Labute approximate surface area is 149 Å². The Balaban J connectivity index is 1.95. The Morgan fingerprint density at radius 1 is 1.24 bits per heavy atom. The first-order chi connectivity index (χ1) is 12.1. The van der Waals surface area contributed by atoms with Gasteiger partial charge in [0, 0.05) is 25.2 Å². The smallest absolute Gasteiger partial charge is 0.206 e. The van der Waals surface area contributed by atoms with Gasteiger partial charge in [-0.3, -0.25) is 0 Å². The molecular formula is C19H29N5O. The normalized spacial score (nSPS) is 21.1. The summed E-state index contributed by atoms with van der Waals surface area (Å²) in [6.45, 7) is 11.0. The molecule has 136 valence electrons. The first kappa shape index (κ1) is 16.6. The van der Waals surface area contributed by atoms with Gasteiger partial charge in [0.25, 0.3) is 0 Å². The summed E-state index contributed by atoms with van der Waals surface area (Å²) in [6, 6.07) is 0. The molecule has 25 heavy (non-hydrogen) atoms. The van der Waals surface area contributed by atoms with E-state index in [9.17, 15) is 0 Å². The first-order valence-electron chi connectivity index (χ1n) is 9.57. The summed E-state index contributed by atoms with van der Waals surface area (Å²) < 4.78 is 7.93. The average molecular weight is 343 g/mol. The lowest BCUT2D eigenvalue weighted by Crippen LogP contribution is -2.38. The average Bonchev–Trinajstić information content (AvgIpc) is 2.96. The summed E-state index contributed by atoms with van der Waals surface area (Å²) >= 11 is 0. The molecule has 0 aromatic carbocycles. The van der Waals surface area contributed by atoms with Crippen molar-refractivity contribution < 1.29 is 4.74 Å². The fraction of sp³-hybridized carbons (Fsp3) is 0.684. The van der Waals surface area contributed by atoms with E-state index in [1.54, 1.807) is 0 Å². The molecule has 6 heteroatoms. The summed E-state index contributed by atoms with van der Waals surface area (Å²) in [5.41, 5.74) is 11.0. The third kappa shape index (κ3) is 2.86. The van der Waals surface area contributed by atoms with Crippen molar-refractivity contribution in [3.63, 3.8) is 0 Å². The highest BCUT2D eigenvalue weighted by molar-refractivity contribution is 5.91. The standard InChI is InChI=1S/C19H29N5O/c1-12(2)11-24-17-14-6-4-5-13(3)15(14)21-18(20)16(17)22-19(24)23-7-9-25-10-8-23/h12-13H,4-11H2,1-3H3,(H2,20,21). The molecule has 3 heterocycles. The molecule has 1 unspecified atom stereocenters. The molecule has 2 aliphatic rings. The van der Waals surface area contributed by atoms with Gasteiger partial charge in [0.2, 0.25) is 5.95 Å². The summed E-state index contributed by atoms with van der Waals surface area (Å²) in [5.74, 6) is 2.64. The van der Waals surface area contributed by atoms with Crippen molar-refractivity contribution >= 4 is 22.8 Å². The van der Waals surface area contributed by atoms with Crippen LogP contribution in [0.1, 0.15) is 50.8 Å². The highest BCUT2D eigenvalue weighted by Gasteiger charge is 2.28. The zero-order chi connectivity index (χ0) is 17.6. The van der Waals surface area contributed by atoms with Crippen molar-refractivity contribution in [2.24, 2.45) is 5.92 Å². The molecular weight excluding hydrogens is 314 g/mol. The molecule has 1 atom stereocenters. The Kier molecular flexibility index (Phi) is 4.31. The molecule has 0 saturated carbocycles. The van der Waals surface area contributed by atoms with Crippen molar-refractivity contribution in [1.29, 1.82) is 0 Å².